The predicted octanol–water partition coefficient (Wildman–Crippen LogP) is 2.64. The second-order valence-corrected chi connectivity index (χ2v) is 10.6. The zero-order chi connectivity index (χ0) is 19.7. The molecular formula is C23H26O4Si. The van der Waals surface area contributed by atoms with E-state index in [1.165, 1.54) is 15.6 Å². The Balaban J connectivity index is 2.13. The minimum Gasteiger partial charge on any atom is -0.382 e. The fourth-order valence-electron chi connectivity index (χ4n) is 3.66. The quantitative estimate of drug-likeness (QED) is 0.143. The van der Waals surface area contributed by atoms with Gasteiger partial charge in [0.15, 0.2) is 14.4 Å². The maximum Gasteiger partial charge on any atom is 0.189 e. The summed E-state index contributed by atoms with van der Waals surface area (Å²) >= 11 is 0. The van der Waals surface area contributed by atoms with E-state index in [1.807, 2.05) is 18.2 Å². The van der Waals surface area contributed by atoms with Crippen LogP contribution in [0.2, 0.25) is 6.04 Å². The van der Waals surface area contributed by atoms with Gasteiger partial charge in [-0.1, -0.05) is 91.0 Å². The summed E-state index contributed by atoms with van der Waals surface area (Å²) in [5.74, 6) is 0. The lowest BCUT2D eigenvalue weighted by atomic mass is 10.3. The highest BCUT2D eigenvalue weighted by Gasteiger charge is 2.42. The third-order valence-electron chi connectivity index (χ3n) is 4.98. The number of hydrogen-bond acceptors (Lipinski definition) is 4. The van der Waals surface area contributed by atoms with E-state index in [0.717, 1.165) is 0 Å². The molecule has 28 heavy (non-hydrogen) atoms. The Bertz CT molecular complexity index is 715. The molecule has 0 fully saturated rings. The van der Waals surface area contributed by atoms with Crippen molar-refractivity contribution in [2.75, 3.05) is 20.3 Å². The summed E-state index contributed by atoms with van der Waals surface area (Å²) < 4.78 is 10.9. The van der Waals surface area contributed by atoms with Crippen LogP contribution >= 0.6 is 0 Å². The normalized spacial score (nSPS) is 12.6. The third-order valence-corrected chi connectivity index (χ3v) is 9.88. The predicted molar refractivity (Wildman–Crippen MR) is 114 cm³/mol. The van der Waals surface area contributed by atoms with Gasteiger partial charge in [0.1, 0.15) is 0 Å². The molecule has 1 unspecified atom stereocenters. The first-order valence-corrected chi connectivity index (χ1v) is 11.6. The zero-order valence-electron chi connectivity index (χ0n) is 16.0. The average molecular weight is 395 g/mol. The van der Waals surface area contributed by atoms with Crippen molar-refractivity contribution in [1.82, 2.24) is 0 Å². The minimum atomic E-state index is -2.52. The molecule has 3 rings (SSSR count). The highest BCUT2D eigenvalue weighted by molar-refractivity contribution is 7.11. The Hall–Kier alpha value is -2.28. The highest BCUT2D eigenvalue weighted by atomic mass is 28.3. The Morgan fingerprint density at radius 1 is 0.714 bits per heavy atom. The van der Waals surface area contributed by atoms with Gasteiger partial charge in [0.25, 0.3) is 0 Å². The molecule has 5 heteroatoms. The van der Waals surface area contributed by atoms with Crippen LogP contribution in [0.5, 0.6) is 0 Å². The number of ether oxygens (including phenoxy) is 2. The lowest BCUT2D eigenvalue weighted by molar-refractivity contribution is -0.340. The van der Waals surface area contributed by atoms with Crippen molar-refractivity contribution in [3.05, 3.63) is 91.0 Å². The van der Waals surface area contributed by atoms with Crippen LogP contribution in [0, 0.1) is 0 Å². The highest BCUT2D eigenvalue weighted by Crippen LogP contribution is 2.17. The molecule has 0 spiro atoms. The topological polar surface area (TPSA) is 47.9 Å². The van der Waals surface area contributed by atoms with Gasteiger partial charge >= 0.3 is 0 Å². The van der Waals surface area contributed by atoms with E-state index < -0.39 is 14.4 Å². The summed E-state index contributed by atoms with van der Waals surface area (Å²) in [5.41, 5.74) is 0. The van der Waals surface area contributed by atoms with Crippen molar-refractivity contribution in [2.24, 2.45) is 0 Å². The van der Waals surface area contributed by atoms with E-state index in [4.69, 9.17) is 14.4 Å². The summed E-state index contributed by atoms with van der Waals surface area (Å²) in [4.78, 5) is 4.77. The molecule has 0 aliphatic heterocycles. The van der Waals surface area contributed by atoms with Crippen LogP contribution in [0.15, 0.2) is 91.0 Å². The smallest absolute Gasteiger partial charge is 0.189 e. The van der Waals surface area contributed by atoms with E-state index in [-0.39, 0.29) is 0 Å². The molecule has 0 radical (unpaired) electrons. The van der Waals surface area contributed by atoms with Gasteiger partial charge in [-0.2, -0.15) is 0 Å². The van der Waals surface area contributed by atoms with Crippen LogP contribution in [-0.4, -0.2) is 39.9 Å². The van der Waals surface area contributed by atoms with E-state index in [2.05, 4.69) is 72.8 Å². The number of benzene rings is 3. The van der Waals surface area contributed by atoms with Crippen molar-refractivity contribution in [2.45, 2.75) is 12.3 Å². The van der Waals surface area contributed by atoms with Gasteiger partial charge in [0.05, 0.1) is 13.2 Å². The molecule has 1 atom stereocenters. The van der Waals surface area contributed by atoms with Crippen LogP contribution < -0.4 is 15.6 Å². The maximum atomic E-state index is 9.59. The Kier molecular flexibility index (Phi) is 7.53. The van der Waals surface area contributed by atoms with Gasteiger partial charge in [0.2, 0.25) is 0 Å². The average Bonchev–Trinajstić information content (AvgIpc) is 2.78. The second-order valence-electron chi connectivity index (χ2n) is 6.61. The van der Waals surface area contributed by atoms with Crippen LogP contribution in [-0.2, 0) is 14.4 Å². The van der Waals surface area contributed by atoms with Crippen LogP contribution in [0.25, 0.3) is 0 Å². The molecule has 0 aliphatic rings. The number of methoxy groups -OCH3 is 1. The SMILES string of the molecule is COCCOC(C[Si](c1ccccc1)(c1ccccc1)c1ccccc1)OO. The van der Waals surface area contributed by atoms with E-state index in [1.54, 1.807) is 7.11 Å². The molecule has 0 amide bonds. The van der Waals surface area contributed by atoms with Gasteiger partial charge in [-0.25, -0.2) is 10.1 Å². The molecule has 4 nitrogen and oxygen atoms in total. The van der Waals surface area contributed by atoms with E-state index in [0.29, 0.717) is 19.3 Å². The fraction of sp³-hybridized carbons (Fsp3) is 0.217. The van der Waals surface area contributed by atoms with E-state index >= 15 is 0 Å². The lowest BCUT2D eigenvalue weighted by Gasteiger charge is -2.35. The molecule has 0 heterocycles. The summed E-state index contributed by atoms with van der Waals surface area (Å²) in [6, 6.07) is 31.9. The minimum absolute atomic E-state index is 0.352. The number of rotatable bonds is 10. The fourth-order valence-corrected chi connectivity index (χ4v) is 8.35. The van der Waals surface area contributed by atoms with Gasteiger partial charge in [-0.15, -0.1) is 0 Å². The summed E-state index contributed by atoms with van der Waals surface area (Å²) in [5, 5.41) is 13.3. The molecular weight excluding hydrogens is 368 g/mol. The first-order valence-electron chi connectivity index (χ1n) is 9.38. The second kappa shape index (κ2) is 10.3. The zero-order valence-corrected chi connectivity index (χ0v) is 17.0. The monoisotopic (exact) mass is 394 g/mol. The van der Waals surface area contributed by atoms with Crippen molar-refractivity contribution < 1.29 is 19.6 Å². The summed E-state index contributed by atoms with van der Waals surface area (Å²) in [6.07, 6.45) is -0.748. The first kappa shape index (κ1) is 20.5. The van der Waals surface area contributed by atoms with Gasteiger partial charge < -0.3 is 9.47 Å². The van der Waals surface area contributed by atoms with Gasteiger partial charge in [-0.05, 0) is 15.6 Å². The first-order chi connectivity index (χ1) is 13.8. The standard InChI is InChI=1S/C23H26O4Si/c1-25-17-18-26-23(27-24)19-28(20-11-5-2-6-12-20,21-13-7-3-8-14-21)22-15-9-4-10-16-22/h2-16,23-24H,17-19H2,1H3. The third kappa shape index (κ3) is 4.58. The van der Waals surface area contributed by atoms with Gasteiger partial charge in [0, 0.05) is 13.2 Å². The van der Waals surface area contributed by atoms with E-state index in [9.17, 15) is 5.26 Å². The molecule has 0 bridgehead atoms. The van der Waals surface area contributed by atoms with Crippen molar-refractivity contribution >= 4 is 23.6 Å². The molecule has 0 aliphatic carbocycles. The Morgan fingerprint density at radius 3 is 1.50 bits per heavy atom. The summed E-state index contributed by atoms with van der Waals surface area (Å²) in [7, 11) is -0.899. The Morgan fingerprint density at radius 2 is 1.14 bits per heavy atom. The molecule has 1 N–H and O–H groups in total. The van der Waals surface area contributed by atoms with Crippen molar-refractivity contribution in [3.63, 3.8) is 0 Å². The van der Waals surface area contributed by atoms with Crippen LogP contribution in [0.1, 0.15) is 0 Å². The molecule has 0 saturated carbocycles. The maximum absolute atomic E-state index is 9.59. The Labute approximate surface area is 167 Å². The van der Waals surface area contributed by atoms with Crippen LogP contribution in [0.3, 0.4) is 0 Å². The van der Waals surface area contributed by atoms with Gasteiger partial charge in [-0.3, -0.25) is 0 Å². The number of hydrogen-bond donors (Lipinski definition) is 1. The molecule has 3 aromatic rings. The molecule has 0 saturated heterocycles. The summed E-state index contributed by atoms with van der Waals surface area (Å²) in [6.45, 7) is 0.793. The molecule has 0 aromatic heterocycles. The van der Waals surface area contributed by atoms with Crippen molar-refractivity contribution in [1.29, 1.82) is 0 Å². The van der Waals surface area contributed by atoms with Crippen LogP contribution in [0.4, 0.5) is 0 Å². The lowest BCUT2D eigenvalue weighted by Crippen LogP contribution is -2.68. The molecule has 146 valence electrons. The van der Waals surface area contributed by atoms with Crippen molar-refractivity contribution in [3.8, 4) is 0 Å². The molecule has 3 aromatic carbocycles. The largest absolute Gasteiger partial charge is 0.382 e.